The number of hydrogen-bond donors (Lipinski definition) is 1. The monoisotopic (exact) mass is 266 g/mol. The molecule has 1 N–H and O–H groups in total. The lowest BCUT2D eigenvalue weighted by Crippen LogP contribution is -2.36. The number of aromatic nitrogens is 1. The summed E-state index contributed by atoms with van der Waals surface area (Å²) in [6.07, 6.45) is -4.86. The summed E-state index contributed by atoms with van der Waals surface area (Å²) in [5, 5.41) is 8.66. The van der Waals surface area contributed by atoms with Crippen molar-refractivity contribution in [2.45, 2.75) is 6.18 Å². The van der Waals surface area contributed by atoms with E-state index in [1.54, 1.807) is 0 Å². The molecule has 9 heteroatoms. The van der Waals surface area contributed by atoms with E-state index < -0.39 is 23.6 Å². The first-order valence-corrected chi connectivity index (χ1v) is 5.03. The minimum absolute atomic E-state index is 0.302. The van der Waals surface area contributed by atoms with Gasteiger partial charge in [-0.2, -0.15) is 18.2 Å². The molecule has 0 radical (unpaired) electrons. The number of carboxylic acids is 1. The lowest BCUT2D eigenvalue weighted by molar-refractivity contribution is -0.141. The molecule has 0 amide bonds. The SMILES string of the molecule is O=C(O)c1oc(N2CCOCC2)nc1C(F)(F)F. The van der Waals surface area contributed by atoms with Crippen molar-refractivity contribution in [2.75, 3.05) is 31.2 Å². The van der Waals surface area contributed by atoms with Crippen LogP contribution in [0.15, 0.2) is 4.42 Å². The number of rotatable bonds is 2. The number of carbonyl (C=O) groups is 1. The van der Waals surface area contributed by atoms with Gasteiger partial charge in [-0.25, -0.2) is 4.79 Å². The third-order valence-corrected chi connectivity index (χ3v) is 2.36. The highest BCUT2D eigenvalue weighted by atomic mass is 19.4. The van der Waals surface area contributed by atoms with Crippen molar-refractivity contribution in [1.82, 2.24) is 4.98 Å². The Balaban J connectivity index is 2.35. The smallest absolute Gasteiger partial charge is 0.437 e. The van der Waals surface area contributed by atoms with E-state index in [0.29, 0.717) is 26.3 Å². The topological polar surface area (TPSA) is 75.8 Å². The molecule has 0 bridgehead atoms. The number of carboxylic acid groups (broad SMARTS) is 1. The van der Waals surface area contributed by atoms with E-state index in [9.17, 15) is 18.0 Å². The molecular formula is C9H9F3N2O4. The quantitative estimate of drug-likeness (QED) is 0.867. The molecule has 1 fully saturated rings. The zero-order valence-electron chi connectivity index (χ0n) is 9.03. The van der Waals surface area contributed by atoms with Gasteiger partial charge in [0.1, 0.15) is 0 Å². The van der Waals surface area contributed by atoms with E-state index in [1.807, 2.05) is 0 Å². The molecule has 0 unspecified atom stereocenters. The summed E-state index contributed by atoms with van der Waals surface area (Å²) >= 11 is 0. The molecule has 100 valence electrons. The van der Waals surface area contributed by atoms with E-state index in [-0.39, 0.29) is 6.01 Å². The molecule has 18 heavy (non-hydrogen) atoms. The van der Waals surface area contributed by atoms with Gasteiger partial charge in [-0.1, -0.05) is 0 Å². The molecule has 0 aliphatic carbocycles. The Morgan fingerprint density at radius 2 is 1.94 bits per heavy atom. The molecular weight excluding hydrogens is 257 g/mol. The molecule has 0 spiro atoms. The second-order valence-corrected chi connectivity index (χ2v) is 3.58. The number of alkyl halides is 3. The third kappa shape index (κ3) is 2.40. The molecule has 0 atom stereocenters. The molecule has 0 aromatic carbocycles. The van der Waals surface area contributed by atoms with Crippen molar-refractivity contribution in [3.05, 3.63) is 11.5 Å². The van der Waals surface area contributed by atoms with E-state index >= 15 is 0 Å². The maximum Gasteiger partial charge on any atom is 0.437 e. The molecule has 1 saturated heterocycles. The van der Waals surface area contributed by atoms with Gasteiger partial charge in [0.15, 0.2) is 5.69 Å². The van der Waals surface area contributed by atoms with Crippen LogP contribution in [0.3, 0.4) is 0 Å². The summed E-state index contributed by atoms with van der Waals surface area (Å²) < 4.78 is 47.4. The van der Waals surface area contributed by atoms with Crippen molar-refractivity contribution < 1.29 is 32.2 Å². The predicted octanol–water partition coefficient (Wildman–Crippen LogP) is 1.23. The zero-order valence-corrected chi connectivity index (χ0v) is 9.03. The Morgan fingerprint density at radius 1 is 1.33 bits per heavy atom. The summed E-state index contributed by atoms with van der Waals surface area (Å²) in [5.74, 6) is -2.99. The molecule has 2 rings (SSSR count). The Kier molecular flexibility index (Phi) is 3.16. The highest BCUT2D eigenvalue weighted by molar-refractivity contribution is 5.86. The fraction of sp³-hybridized carbons (Fsp3) is 0.556. The van der Waals surface area contributed by atoms with E-state index in [2.05, 4.69) is 9.40 Å². The van der Waals surface area contributed by atoms with Crippen LogP contribution in [-0.4, -0.2) is 42.4 Å². The van der Waals surface area contributed by atoms with Gasteiger partial charge in [0.2, 0.25) is 5.76 Å². The van der Waals surface area contributed by atoms with Crippen molar-refractivity contribution in [1.29, 1.82) is 0 Å². The first kappa shape index (κ1) is 12.7. The molecule has 0 saturated carbocycles. The number of halogens is 3. The predicted molar refractivity (Wildman–Crippen MR) is 51.5 cm³/mol. The minimum atomic E-state index is -4.86. The van der Waals surface area contributed by atoms with Gasteiger partial charge in [0, 0.05) is 13.1 Å². The number of hydrogen-bond acceptors (Lipinski definition) is 5. The van der Waals surface area contributed by atoms with Crippen LogP contribution >= 0.6 is 0 Å². The first-order valence-electron chi connectivity index (χ1n) is 5.03. The van der Waals surface area contributed by atoms with Gasteiger partial charge < -0.3 is 19.2 Å². The van der Waals surface area contributed by atoms with Crippen LogP contribution in [0.2, 0.25) is 0 Å². The number of ether oxygens (including phenoxy) is 1. The number of oxazole rings is 1. The molecule has 1 aliphatic heterocycles. The number of morpholine rings is 1. The van der Waals surface area contributed by atoms with Gasteiger partial charge >= 0.3 is 12.1 Å². The maximum atomic E-state index is 12.6. The average molecular weight is 266 g/mol. The lowest BCUT2D eigenvalue weighted by Gasteiger charge is -2.24. The van der Waals surface area contributed by atoms with Crippen molar-refractivity contribution in [3.63, 3.8) is 0 Å². The van der Waals surface area contributed by atoms with E-state index in [4.69, 9.17) is 9.84 Å². The summed E-state index contributed by atoms with van der Waals surface area (Å²) in [6.45, 7) is 1.26. The van der Waals surface area contributed by atoms with Crippen LogP contribution in [0.4, 0.5) is 19.2 Å². The van der Waals surface area contributed by atoms with Gasteiger partial charge in [0.05, 0.1) is 13.2 Å². The van der Waals surface area contributed by atoms with Gasteiger partial charge in [-0.3, -0.25) is 0 Å². The first-order chi connectivity index (χ1) is 8.39. The molecule has 1 aromatic heterocycles. The summed E-state index contributed by atoms with van der Waals surface area (Å²) in [7, 11) is 0. The van der Waals surface area contributed by atoms with E-state index in [1.165, 1.54) is 4.90 Å². The Morgan fingerprint density at radius 3 is 2.39 bits per heavy atom. The molecule has 1 aromatic rings. The maximum absolute atomic E-state index is 12.6. The van der Waals surface area contributed by atoms with Crippen molar-refractivity contribution in [2.24, 2.45) is 0 Å². The second-order valence-electron chi connectivity index (χ2n) is 3.58. The van der Waals surface area contributed by atoms with E-state index in [0.717, 1.165) is 0 Å². The fourth-order valence-electron chi connectivity index (χ4n) is 1.54. The Labute approximate surface area is 99.0 Å². The minimum Gasteiger partial charge on any atom is -0.475 e. The molecule has 2 heterocycles. The number of anilines is 1. The van der Waals surface area contributed by atoms with Gasteiger partial charge in [0.25, 0.3) is 6.01 Å². The van der Waals surface area contributed by atoms with Crippen molar-refractivity contribution in [3.8, 4) is 0 Å². The number of nitrogens with zero attached hydrogens (tertiary/aromatic N) is 2. The summed E-state index contributed by atoms with van der Waals surface area (Å²) in [4.78, 5) is 15.3. The summed E-state index contributed by atoms with van der Waals surface area (Å²) in [5.41, 5.74) is -1.52. The standard InChI is InChI=1S/C9H9F3N2O4/c10-9(11,12)6-5(7(15)16)18-8(13-6)14-1-3-17-4-2-14/h1-4H2,(H,15,16). The largest absolute Gasteiger partial charge is 0.475 e. The highest BCUT2D eigenvalue weighted by Gasteiger charge is 2.42. The van der Waals surface area contributed by atoms with Crippen LogP contribution in [0.1, 0.15) is 16.2 Å². The molecule has 1 aliphatic rings. The van der Waals surface area contributed by atoms with Crippen LogP contribution in [0, 0.1) is 0 Å². The van der Waals surface area contributed by atoms with Crippen molar-refractivity contribution >= 4 is 12.0 Å². The molecule has 6 nitrogen and oxygen atoms in total. The van der Waals surface area contributed by atoms with Crippen LogP contribution < -0.4 is 4.90 Å². The lowest BCUT2D eigenvalue weighted by atomic mass is 10.3. The average Bonchev–Trinajstić information content (AvgIpc) is 2.74. The van der Waals surface area contributed by atoms with Crippen LogP contribution in [-0.2, 0) is 10.9 Å². The fourth-order valence-corrected chi connectivity index (χ4v) is 1.54. The van der Waals surface area contributed by atoms with Gasteiger partial charge in [-0.05, 0) is 0 Å². The van der Waals surface area contributed by atoms with Crippen LogP contribution in [0.5, 0.6) is 0 Å². The van der Waals surface area contributed by atoms with Crippen LogP contribution in [0.25, 0.3) is 0 Å². The van der Waals surface area contributed by atoms with Gasteiger partial charge in [-0.15, -0.1) is 0 Å². The highest BCUT2D eigenvalue weighted by Crippen LogP contribution is 2.34. The Hall–Kier alpha value is -1.77. The normalized spacial score (nSPS) is 16.9. The third-order valence-electron chi connectivity index (χ3n) is 2.36. The number of aromatic carboxylic acids is 1. The second kappa shape index (κ2) is 4.48. The zero-order chi connectivity index (χ0) is 13.3. The Bertz CT molecular complexity index is 451. The summed E-state index contributed by atoms with van der Waals surface area (Å²) in [6, 6.07) is -0.344.